The second kappa shape index (κ2) is 5.27. The zero-order chi connectivity index (χ0) is 13.1. The molecule has 1 amide bonds. The zero-order valence-corrected chi connectivity index (χ0v) is 11.7. The van der Waals surface area contributed by atoms with Crippen LogP contribution >= 0.6 is 15.9 Å². The summed E-state index contributed by atoms with van der Waals surface area (Å²) >= 11 is 3.39. The lowest BCUT2D eigenvalue weighted by Crippen LogP contribution is -2.14. The standard InChI is InChI=1S/C13H12BrN3O/c1-8-3-10(14)5-11(4-8)17-13(18)12-7-15-9(2)6-16-12/h3-7H,1-2H3,(H,17,18). The van der Waals surface area contributed by atoms with Gasteiger partial charge in [-0.05, 0) is 37.6 Å². The van der Waals surface area contributed by atoms with E-state index in [0.717, 1.165) is 21.4 Å². The number of hydrogen-bond acceptors (Lipinski definition) is 3. The summed E-state index contributed by atoms with van der Waals surface area (Å²) in [7, 11) is 0. The molecule has 2 rings (SSSR count). The molecule has 2 aromatic rings. The van der Waals surface area contributed by atoms with Crippen molar-refractivity contribution in [2.75, 3.05) is 5.32 Å². The third-order valence-corrected chi connectivity index (χ3v) is 2.77. The first kappa shape index (κ1) is 12.7. The topological polar surface area (TPSA) is 54.9 Å². The van der Waals surface area contributed by atoms with Gasteiger partial charge in [0.05, 0.1) is 11.9 Å². The summed E-state index contributed by atoms with van der Waals surface area (Å²) in [6, 6.07) is 5.71. The van der Waals surface area contributed by atoms with E-state index >= 15 is 0 Å². The molecule has 0 bridgehead atoms. The molecule has 0 atom stereocenters. The fourth-order valence-electron chi connectivity index (χ4n) is 1.51. The molecule has 0 aliphatic rings. The number of anilines is 1. The minimum absolute atomic E-state index is 0.264. The van der Waals surface area contributed by atoms with E-state index in [9.17, 15) is 4.79 Å². The smallest absolute Gasteiger partial charge is 0.275 e. The van der Waals surface area contributed by atoms with Crippen LogP contribution in [0.5, 0.6) is 0 Å². The minimum Gasteiger partial charge on any atom is -0.321 e. The number of rotatable bonds is 2. The van der Waals surface area contributed by atoms with Gasteiger partial charge in [0.2, 0.25) is 0 Å². The molecule has 0 fully saturated rings. The predicted molar refractivity (Wildman–Crippen MR) is 73.6 cm³/mol. The number of nitrogens with one attached hydrogen (secondary N) is 1. The second-order valence-electron chi connectivity index (χ2n) is 4.01. The number of carbonyl (C=O) groups excluding carboxylic acids is 1. The van der Waals surface area contributed by atoms with E-state index in [1.54, 1.807) is 6.20 Å². The van der Waals surface area contributed by atoms with Gasteiger partial charge in [0, 0.05) is 16.4 Å². The molecule has 18 heavy (non-hydrogen) atoms. The van der Waals surface area contributed by atoms with Crippen molar-refractivity contribution in [3.63, 3.8) is 0 Å². The summed E-state index contributed by atoms with van der Waals surface area (Å²) in [5.41, 5.74) is 2.88. The number of halogens is 1. The largest absolute Gasteiger partial charge is 0.321 e. The van der Waals surface area contributed by atoms with Crippen LogP contribution in [0.4, 0.5) is 5.69 Å². The first-order valence-electron chi connectivity index (χ1n) is 5.42. The Labute approximate surface area is 114 Å². The molecule has 5 heteroatoms. The molecule has 1 aromatic heterocycles. The molecule has 1 N–H and O–H groups in total. The van der Waals surface area contributed by atoms with Gasteiger partial charge in [0.25, 0.3) is 5.91 Å². The Morgan fingerprint density at radius 1 is 1.17 bits per heavy atom. The van der Waals surface area contributed by atoms with Crippen LogP contribution in [0.3, 0.4) is 0 Å². The van der Waals surface area contributed by atoms with Crippen LogP contribution in [-0.2, 0) is 0 Å². The van der Waals surface area contributed by atoms with Gasteiger partial charge in [-0.15, -0.1) is 0 Å². The molecule has 0 saturated carbocycles. The van der Waals surface area contributed by atoms with Gasteiger partial charge in [-0.25, -0.2) is 4.98 Å². The summed E-state index contributed by atoms with van der Waals surface area (Å²) in [6.45, 7) is 3.79. The molecule has 0 saturated heterocycles. The number of aromatic nitrogens is 2. The van der Waals surface area contributed by atoms with Gasteiger partial charge >= 0.3 is 0 Å². The highest BCUT2D eigenvalue weighted by atomic mass is 79.9. The molecule has 0 aliphatic carbocycles. The quantitative estimate of drug-likeness (QED) is 0.927. The number of nitrogens with zero attached hydrogens (tertiary/aromatic N) is 2. The zero-order valence-electron chi connectivity index (χ0n) is 10.1. The maximum absolute atomic E-state index is 11.9. The fourth-order valence-corrected chi connectivity index (χ4v) is 2.12. The molecule has 0 unspecified atom stereocenters. The highest BCUT2D eigenvalue weighted by molar-refractivity contribution is 9.10. The Bertz CT molecular complexity index is 561. The van der Waals surface area contributed by atoms with Gasteiger partial charge in [0.1, 0.15) is 5.69 Å². The van der Waals surface area contributed by atoms with Crippen LogP contribution in [0.2, 0.25) is 0 Å². The third kappa shape index (κ3) is 3.13. The third-order valence-electron chi connectivity index (χ3n) is 2.31. The fraction of sp³-hybridized carbons (Fsp3) is 0.154. The Morgan fingerprint density at radius 3 is 2.56 bits per heavy atom. The van der Waals surface area contributed by atoms with E-state index in [0.29, 0.717) is 5.69 Å². The Morgan fingerprint density at radius 2 is 1.94 bits per heavy atom. The van der Waals surface area contributed by atoms with Crippen LogP contribution in [0, 0.1) is 13.8 Å². The van der Waals surface area contributed by atoms with Crippen molar-refractivity contribution >= 4 is 27.5 Å². The van der Waals surface area contributed by atoms with Gasteiger partial charge in [0.15, 0.2) is 0 Å². The SMILES string of the molecule is Cc1cc(Br)cc(NC(=O)c2cnc(C)cn2)c1. The molecule has 0 radical (unpaired) electrons. The van der Waals surface area contributed by atoms with E-state index in [4.69, 9.17) is 0 Å². The van der Waals surface area contributed by atoms with Crippen molar-refractivity contribution in [2.24, 2.45) is 0 Å². The van der Waals surface area contributed by atoms with Crippen molar-refractivity contribution in [3.8, 4) is 0 Å². The molecular weight excluding hydrogens is 294 g/mol. The van der Waals surface area contributed by atoms with Crippen molar-refractivity contribution < 1.29 is 4.79 Å². The number of benzene rings is 1. The molecular formula is C13H12BrN3O. The summed E-state index contributed by atoms with van der Waals surface area (Å²) in [4.78, 5) is 20.0. The van der Waals surface area contributed by atoms with Crippen molar-refractivity contribution in [2.45, 2.75) is 13.8 Å². The summed E-state index contributed by atoms with van der Waals surface area (Å²) < 4.78 is 0.924. The van der Waals surface area contributed by atoms with E-state index in [2.05, 4.69) is 31.2 Å². The molecule has 0 aliphatic heterocycles. The minimum atomic E-state index is -0.264. The number of amides is 1. The molecule has 1 aromatic carbocycles. The van der Waals surface area contributed by atoms with E-state index in [1.165, 1.54) is 6.20 Å². The van der Waals surface area contributed by atoms with Crippen LogP contribution in [0.25, 0.3) is 0 Å². The first-order chi connectivity index (χ1) is 8.54. The summed E-state index contributed by atoms with van der Waals surface area (Å²) in [5.74, 6) is -0.264. The highest BCUT2D eigenvalue weighted by Crippen LogP contribution is 2.19. The van der Waals surface area contributed by atoms with Crippen LogP contribution in [-0.4, -0.2) is 15.9 Å². The van der Waals surface area contributed by atoms with Gasteiger partial charge in [-0.1, -0.05) is 15.9 Å². The lowest BCUT2D eigenvalue weighted by Gasteiger charge is -2.06. The molecule has 4 nitrogen and oxygen atoms in total. The molecule has 1 heterocycles. The maximum Gasteiger partial charge on any atom is 0.275 e. The van der Waals surface area contributed by atoms with E-state index < -0.39 is 0 Å². The Hall–Kier alpha value is -1.75. The molecule has 92 valence electrons. The number of aryl methyl sites for hydroxylation is 2. The summed E-state index contributed by atoms with van der Waals surface area (Å²) in [6.07, 6.45) is 3.04. The number of hydrogen-bond donors (Lipinski definition) is 1. The maximum atomic E-state index is 11.9. The first-order valence-corrected chi connectivity index (χ1v) is 6.21. The Kier molecular flexibility index (Phi) is 3.72. The normalized spacial score (nSPS) is 10.2. The average molecular weight is 306 g/mol. The van der Waals surface area contributed by atoms with Crippen molar-refractivity contribution in [1.29, 1.82) is 0 Å². The summed E-state index contributed by atoms with van der Waals surface area (Å²) in [5, 5.41) is 2.79. The van der Waals surface area contributed by atoms with E-state index in [-0.39, 0.29) is 5.91 Å². The second-order valence-corrected chi connectivity index (χ2v) is 4.93. The lowest BCUT2D eigenvalue weighted by atomic mass is 10.2. The van der Waals surface area contributed by atoms with Gasteiger partial charge < -0.3 is 5.32 Å². The van der Waals surface area contributed by atoms with Crippen molar-refractivity contribution in [1.82, 2.24) is 9.97 Å². The van der Waals surface area contributed by atoms with Gasteiger partial charge in [-0.2, -0.15) is 0 Å². The number of carbonyl (C=O) groups is 1. The van der Waals surface area contributed by atoms with Crippen LogP contribution in [0.15, 0.2) is 35.1 Å². The highest BCUT2D eigenvalue weighted by Gasteiger charge is 2.08. The molecule has 0 spiro atoms. The Balaban J connectivity index is 2.18. The van der Waals surface area contributed by atoms with Crippen LogP contribution < -0.4 is 5.32 Å². The predicted octanol–water partition coefficient (Wildman–Crippen LogP) is 3.11. The van der Waals surface area contributed by atoms with Gasteiger partial charge in [-0.3, -0.25) is 9.78 Å². The lowest BCUT2D eigenvalue weighted by molar-refractivity contribution is 0.102. The van der Waals surface area contributed by atoms with Crippen molar-refractivity contribution in [3.05, 3.63) is 52.0 Å². The van der Waals surface area contributed by atoms with Crippen LogP contribution in [0.1, 0.15) is 21.7 Å². The monoisotopic (exact) mass is 305 g/mol. The average Bonchev–Trinajstić information content (AvgIpc) is 2.28. The van der Waals surface area contributed by atoms with E-state index in [1.807, 2.05) is 32.0 Å².